The topological polar surface area (TPSA) is 29.3 Å². The molecule has 2 rings (SSSR count). The summed E-state index contributed by atoms with van der Waals surface area (Å²) in [5.74, 6) is -0.137. The lowest BCUT2D eigenvalue weighted by Gasteiger charge is -2.26. The number of nitrogens with two attached hydrogens (primary N) is 1. The molecule has 18 heavy (non-hydrogen) atoms. The lowest BCUT2D eigenvalue weighted by molar-refractivity contribution is 0.235. The Morgan fingerprint density at radius 1 is 1.28 bits per heavy atom. The van der Waals surface area contributed by atoms with Crippen molar-refractivity contribution in [2.75, 3.05) is 13.1 Å². The molecule has 100 valence electrons. The van der Waals surface area contributed by atoms with Crippen molar-refractivity contribution in [1.82, 2.24) is 4.90 Å². The number of rotatable bonds is 5. The zero-order valence-corrected chi connectivity index (χ0v) is 11.1. The highest BCUT2D eigenvalue weighted by Crippen LogP contribution is 2.16. The van der Waals surface area contributed by atoms with Gasteiger partial charge in [0.2, 0.25) is 0 Å². The Kier molecular flexibility index (Phi) is 4.72. The first kappa shape index (κ1) is 13.5. The van der Waals surface area contributed by atoms with Gasteiger partial charge < -0.3 is 10.6 Å². The molecule has 0 aromatic heterocycles. The van der Waals surface area contributed by atoms with E-state index in [1.54, 1.807) is 6.07 Å². The zero-order chi connectivity index (χ0) is 13.0. The summed E-state index contributed by atoms with van der Waals surface area (Å²) in [5.41, 5.74) is 6.88. The second-order valence-electron chi connectivity index (χ2n) is 5.38. The van der Waals surface area contributed by atoms with Crippen LogP contribution in [0.2, 0.25) is 0 Å². The van der Waals surface area contributed by atoms with Crippen LogP contribution in [0.15, 0.2) is 24.3 Å². The first-order valence-corrected chi connectivity index (χ1v) is 6.90. The molecule has 1 aromatic carbocycles. The van der Waals surface area contributed by atoms with Crippen molar-refractivity contribution < 1.29 is 4.39 Å². The molecule has 1 unspecified atom stereocenters. The highest BCUT2D eigenvalue weighted by Gasteiger charge is 2.20. The molecule has 1 aromatic rings. The van der Waals surface area contributed by atoms with Crippen LogP contribution in [0.1, 0.15) is 31.7 Å². The molecule has 0 radical (unpaired) electrons. The van der Waals surface area contributed by atoms with Crippen molar-refractivity contribution in [2.45, 2.75) is 44.7 Å². The van der Waals surface area contributed by atoms with Crippen molar-refractivity contribution in [2.24, 2.45) is 5.73 Å². The number of likely N-dealkylation sites (tertiary alicyclic amines) is 1. The summed E-state index contributed by atoms with van der Waals surface area (Å²) in [6, 6.07) is 7.47. The molecule has 2 atom stereocenters. The van der Waals surface area contributed by atoms with Gasteiger partial charge in [0.25, 0.3) is 0 Å². The zero-order valence-electron chi connectivity index (χ0n) is 11.1. The summed E-state index contributed by atoms with van der Waals surface area (Å²) in [7, 11) is 0. The number of hydrogen-bond donors (Lipinski definition) is 1. The molecule has 1 fully saturated rings. The fourth-order valence-electron chi connectivity index (χ4n) is 2.80. The van der Waals surface area contributed by atoms with Gasteiger partial charge in [-0.2, -0.15) is 0 Å². The lowest BCUT2D eigenvalue weighted by atomic mass is 10.00. The molecule has 0 saturated carbocycles. The van der Waals surface area contributed by atoms with E-state index >= 15 is 0 Å². The first-order chi connectivity index (χ1) is 8.66. The van der Waals surface area contributed by atoms with Crippen LogP contribution in [0, 0.1) is 5.82 Å². The van der Waals surface area contributed by atoms with Gasteiger partial charge in [-0.25, -0.2) is 4.39 Å². The van der Waals surface area contributed by atoms with Gasteiger partial charge in [-0.3, -0.25) is 0 Å². The van der Waals surface area contributed by atoms with Crippen molar-refractivity contribution >= 4 is 0 Å². The maximum atomic E-state index is 13.5. The Bertz CT molecular complexity index is 375. The van der Waals surface area contributed by atoms with Crippen LogP contribution in [0.3, 0.4) is 0 Å². The van der Waals surface area contributed by atoms with E-state index < -0.39 is 0 Å². The normalized spacial score (nSPS) is 19.9. The molecule has 1 saturated heterocycles. The molecular formula is C15H23FN2. The molecule has 0 amide bonds. The fraction of sp³-hybridized carbons (Fsp3) is 0.600. The molecular weight excluding hydrogens is 227 g/mol. The van der Waals surface area contributed by atoms with Crippen LogP contribution < -0.4 is 5.73 Å². The quantitative estimate of drug-likeness (QED) is 0.870. The van der Waals surface area contributed by atoms with E-state index in [0.717, 1.165) is 12.0 Å². The van der Waals surface area contributed by atoms with Crippen LogP contribution in [0.5, 0.6) is 0 Å². The summed E-state index contributed by atoms with van der Waals surface area (Å²) < 4.78 is 13.5. The van der Waals surface area contributed by atoms with E-state index in [9.17, 15) is 4.39 Å². The lowest BCUT2D eigenvalue weighted by Crippen LogP contribution is -2.37. The number of nitrogens with zero attached hydrogens (tertiary/aromatic N) is 1. The van der Waals surface area contributed by atoms with Gasteiger partial charge in [-0.1, -0.05) is 18.2 Å². The predicted octanol–water partition coefficient (Wildman–Crippen LogP) is 2.57. The first-order valence-electron chi connectivity index (χ1n) is 6.90. The van der Waals surface area contributed by atoms with E-state index in [0.29, 0.717) is 12.5 Å². The van der Waals surface area contributed by atoms with Crippen molar-refractivity contribution in [3.8, 4) is 0 Å². The molecule has 1 heterocycles. The van der Waals surface area contributed by atoms with Gasteiger partial charge >= 0.3 is 0 Å². The summed E-state index contributed by atoms with van der Waals surface area (Å²) >= 11 is 0. The largest absolute Gasteiger partial charge is 0.327 e. The van der Waals surface area contributed by atoms with Gasteiger partial charge in [-0.15, -0.1) is 0 Å². The minimum Gasteiger partial charge on any atom is -0.327 e. The highest BCUT2D eigenvalue weighted by atomic mass is 19.1. The third-order valence-electron chi connectivity index (χ3n) is 3.85. The Morgan fingerprint density at radius 3 is 2.61 bits per heavy atom. The Morgan fingerprint density at radius 2 is 1.94 bits per heavy atom. The van der Waals surface area contributed by atoms with Gasteiger partial charge in [0.1, 0.15) is 5.82 Å². The highest BCUT2D eigenvalue weighted by molar-refractivity contribution is 5.18. The molecule has 0 spiro atoms. The van der Waals surface area contributed by atoms with Gasteiger partial charge in [0, 0.05) is 12.1 Å². The SMILES string of the molecule is CC(C[C@H](N)Cc1ccccc1F)N1CCCC1. The number of hydrogen-bond acceptors (Lipinski definition) is 2. The molecule has 1 aliphatic rings. The van der Waals surface area contributed by atoms with Crippen LogP contribution in [0.4, 0.5) is 4.39 Å². The van der Waals surface area contributed by atoms with E-state index in [1.807, 2.05) is 12.1 Å². The van der Waals surface area contributed by atoms with Gasteiger partial charge in [0.15, 0.2) is 0 Å². The van der Waals surface area contributed by atoms with Crippen molar-refractivity contribution in [1.29, 1.82) is 0 Å². The van der Waals surface area contributed by atoms with Crippen LogP contribution in [0.25, 0.3) is 0 Å². The average molecular weight is 250 g/mol. The number of halogens is 1. The second kappa shape index (κ2) is 6.30. The molecule has 0 aliphatic carbocycles. The predicted molar refractivity (Wildman–Crippen MR) is 73.0 cm³/mol. The molecule has 0 bridgehead atoms. The summed E-state index contributed by atoms with van der Waals surface area (Å²) in [6.45, 7) is 4.60. The molecule has 2 N–H and O–H groups in total. The van der Waals surface area contributed by atoms with Crippen LogP contribution in [-0.2, 0) is 6.42 Å². The third kappa shape index (κ3) is 3.53. The summed E-state index contributed by atoms with van der Waals surface area (Å²) in [4.78, 5) is 2.49. The smallest absolute Gasteiger partial charge is 0.126 e. The van der Waals surface area contributed by atoms with E-state index in [-0.39, 0.29) is 11.9 Å². The van der Waals surface area contributed by atoms with Crippen LogP contribution in [-0.4, -0.2) is 30.1 Å². The molecule has 1 aliphatic heterocycles. The van der Waals surface area contributed by atoms with Crippen LogP contribution >= 0.6 is 0 Å². The number of benzene rings is 1. The maximum Gasteiger partial charge on any atom is 0.126 e. The average Bonchev–Trinajstić information content (AvgIpc) is 2.85. The Balaban J connectivity index is 1.84. The minimum atomic E-state index is -0.137. The Labute approximate surface area is 109 Å². The third-order valence-corrected chi connectivity index (χ3v) is 3.85. The monoisotopic (exact) mass is 250 g/mol. The standard InChI is InChI=1S/C15H23FN2/c1-12(18-8-4-5-9-18)10-14(17)11-13-6-2-3-7-15(13)16/h2-3,6-7,12,14H,4-5,8-11,17H2,1H3/t12?,14-/m0/s1. The van der Waals surface area contributed by atoms with E-state index in [2.05, 4.69) is 11.8 Å². The summed E-state index contributed by atoms with van der Waals surface area (Å²) in [5, 5.41) is 0. The minimum absolute atomic E-state index is 0.0394. The second-order valence-corrected chi connectivity index (χ2v) is 5.38. The van der Waals surface area contributed by atoms with Gasteiger partial charge in [0.05, 0.1) is 0 Å². The Hall–Kier alpha value is -0.930. The molecule has 2 nitrogen and oxygen atoms in total. The molecule has 3 heteroatoms. The van der Waals surface area contributed by atoms with Gasteiger partial charge in [-0.05, 0) is 57.3 Å². The fourth-order valence-corrected chi connectivity index (χ4v) is 2.80. The van der Waals surface area contributed by atoms with E-state index in [4.69, 9.17) is 5.73 Å². The maximum absolute atomic E-state index is 13.5. The summed E-state index contributed by atoms with van der Waals surface area (Å²) in [6.07, 6.45) is 4.17. The van der Waals surface area contributed by atoms with Crippen molar-refractivity contribution in [3.05, 3.63) is 35.6 Å². The van der Waals surface area contributed by atoms with E-state index in [1.165, 1.54) is 32.0 Å². The van der Waals surface area contributed by atoms with Crippen molar-refractivity contribution in [3.63, 3.8) is 0 Å².